The number of halogens is 3. The number of sulfonamides is 2. The van der Waals surface area contributed by atoms with Crippen molar-refractivity contribution in [3.63, 3.8) is 0 Å². The molecule has 0 saturated carbocycles. The molecule has 0 unspecified atom stereocenters. The van der Waals surface area contributed by atoms with E-state index in [1.54, 1.807) is 67.0 Å². The molecule has 340 valence electrons. The SMILES string of the molecule is C.COc1ccc(S(=O)(=O)Cl)c(C)c1C.COc1ccc(S(=O)(=O)N(C)C)c(C)c1C.COc1cccc(C)c1C.Cc1c(O)ccc(S(=O)(=O)N(C)C)c1C.O=S(Cl)Cl. The van der Waals surface area contributed by atoms with Gasteiger partial charge in [0, 0.05) is 60.2 Å². The number of aromatic hydroxyl groups is 1. The molecule has 0 amide bonds. The quantitative estimate of drug-likeness (QED) is 0.167. The van der Waals surface area contributed by atoms with Crippen LogP contribution in [0.5, 0.6) is 23.0 Å². The zero-order chi connectivity index (χ0) is 46.4. The minimum absolute atomic E-state index is 0. The summed E-state index contributed by atoms with van der Waals surface area (Å²) >= 11 is 0. The number of nitrogens with zero attached hydrogens (tertiary/aromatic N) is 2. The highest BCUT2D eigenvalue weighted by atomic mass is 36.0. The predicted octanol–water partition coefficient (Wildman–Crippen LogP) is 9.05. The van der Waals surface area contributed by atoms with Gasteiger partial charge >= 0.3 is 0 Å². The first-order chi connectivity index (χ1) is 27.0. The zero-order valence-electron chi connectivity index (χ0n) is 35.9. The molecule has 4 rings (SSSR count). The van der Waals surface area contributed by atoms with Gasteiger partial charge in [0.05, 0.1) is 36.0 Å². The maximum absolute atomic E-state index is 12.0. The first-order valence-corrected chi connectivity index (χ1v) is 25.2. The summed E-state index contributed by atoms with van der Waals surface area (Å²) in [5, 5.41) is 9.42. The molecule has 4 aromatic rings. The average molecular weight is 979 g/mol. The monoisotopic (exact) mass is 976 g/mol. The third kappa shape index (κ3) is 16.6. The van der Waals surface area contributed by atoms with Crippen molar-refractivity contribution in [1.82, 2.24) is 8.61 Å². The van der Waals surface area contributed by atoms with Crippen molar-refractivity contribution in [2.75, 3.05) is 49.5 Å². The lowest BCUT2D eigenvalue weighted by atomic mass is 10.1. The van der Waals surface area contributed by atoms with Crippen LogP contribution in [-0.4, -0.2) is 92.7 Å². The number of phenols is 1. The first kappa shape index (κ1) is 59.0. The molecule has 0 aliphatic heterocycles. The average Bonchev–Trinajstić information content (AvgIpc) is 3.13. The van der Waals surface area contributed by atoms with Crippen LogP contribution >= 0.6 is 32.0 Å². The Morgan fingerprint density at radius 3 is 1.17 bits per heavy atom. The van der Waals surface area contributed by atoms with Crippen LogP contribution in [-0.2, 0) is 38.3 Å². The predicted molar refractivity (Wildman–Crippen MR) is 246 cm³/mol. The highest BCUT2D eigenvalue weighted by Gasteiger charge is 2.22. The molecule has 0 atom stereocenters. The zero-order valence-corrected chi connectivity index (χ0v) is 41.4. The third-order valence-corrected chi connectivity index (χ3v) is 14.5. The molecule has 13 nitrogen and oxygen atoms in total. The summed E-state index contributed by atoms with van der Waals surface area (Å²) in [4.78, 5) is 0.705. The highest BCUT2D eigenvalue weighted by molar-refractivity contribution is 8.26. The first-order valence-electron chi connectivity index (χ1n) is 17.2. The normalized spacial score (nSPS) is 11.0. The van der Waals surface area contributed by atoms with Crippen LogP contribution in [0.1, 0.15) is 51.9 Å². The minimum Gasteiger partial charge on any atom is -0.508 e. The molecule has 0 aromatic heterocycles. The second kappa shape index (κ2) is 25.7. The number of hydrogen-bond donors (Lipinski definition) is 1. The summed E-state index contributed by atoms with van der Waals surface area (Å²) < 4.78 is 96.7. The summed E-state index contributed by atoms with van der Waals surface area (Å²) in [6.07, 6.45) is 0. The topological polar surface area (TPSA) is 174 Å². The fourth-order valence-corrected chi connectivity index (χ4v) is 8.53. The van der Waals surface area contributed by atoms with Crippen molar-refractivity contribution in [2.24, 2.45) is 0 Å². The van der Waals surface area contributed by atoms with Crippen molar-refractivity contribution in [3.05, 3.63) is 99.1 Å². The van der Waals surface area contributed by atoms with E-state index in [9.17, 15) is 30.4 Å². The maximum Gasteiger partial charge on any atom is 0.261 e. The molecular weight excluding hydrogens is 919 g/mol. The summed E-state index contributed by atoms with van der Waals surface area (Å²) in [6, 6.07) is 15.2. The molecule has 0 radical (unpaired) electrons. The Kier molecular flexibility index (Phi) is 25.3. The largest absolute Gasteiger partial charge is 0.508 e. The van der Waals surface area contributed by atoms with Gasteiger partial charge in [-0.2, -0.15) is 0 Å². The van der Waals surface area contributed by atoms with E-state index >= 15 is 0 Å². The molecular formula is C40H59Cl3N2O11S4. The lowest BCUT2D eigenvalue weighted by molar-refractivity contribution is 0.410. The fourth-order valence-electron chi connectivity index (χ4n) is 4.93. The van der Waals surface area contributed by atoms with E-state index in [-0.39, 0.29) is 23.0 Å². The van der Waals surface area contributed by atoms with Gasteiger partial charge in [-0.15, -0.1) is 0 Å². The van der Waals surface area contributed by atoms with Gasteiger partial charge in [0.2, 0.25) is 29.3 Å². The van der Waals surface area contributed by atoms with Crippen molar-refractivity contribution in [2.45, 2.75) is 77.5 Å². The van der Waals surface area contributed by atoms with Crippen LogP contribution in [0.15, 0.2) is 69.3 Å². The van der Waals surface area contributed by atoms with Gasteiger partial charge in [-0.05, 0) is 142 Å². The Hall–Kier alpha value is -3.13. The molecule has 60 heavy (non-hydrogen) atoms. The number of aryl methyl sites for hydroxylation is 1. The van der Waals surface area contributed by atoms with Gasteiger partial charge in [0.15, 0.2) is 0 Å². The number of methoxy groups -OCH3 is 3. The number of hydrogen-bond acceptors (Lipinski definition) is 11. The van der Waals surface area contributed by atoms with Crippen LogP contribution < -0.4 is 14.2 Å². The van der Waals surface area contributed by atoms with Gasteiger partial charge < -0.3 is 19.3 Å². The summed E-state index contributed by atoms with van der Waals surface area (Å²) in [7, 11) is 13.0. The van der Waals surface area contributed by atoms with Crippen LogP contribution in [0.25, 0.3) is 0 Å². The number of phenolic OH excluding ortho intramolecular Hbond substituents is 1. The van der Waals surface area contributed by atoms with Gasteiger partial charge in [0.25, 0.3) is 9.05 Å². The van der Waals surface area contributed by atoms with Crippen LogP contribution in [0, 0.1) is 55.4 Å². The van der Waals surface area contributed by atoms with Crippen molar-refractivity contribution < 1.29 is 48.8 Å². The molecule has 0 heterocycles. The van der Waals surface area contributed by atoms with E-state index in [0.29, 0.717) is 33.1 Å². The fraction of sp³-hybridized carbons (Fsp3) is 0.400. The molecule has 0 bridgehead atoms. The second-order valence-corrected chi connectivity index (χ2v) is 22.3. The Bertz CT molecular complexity index is 2410. The van der Waals surface area contributed by atoms with Gasteiger partial charge in [-0.1, -0.05) is 19.6 Å². The summed E-state index contributed by atoms with van der Waals surface area (Å²) in [5.74, 6) is 2.45. The molecule has 0 saturated heterocycles. The Labute approximate surface area is 374 Å². The van der Waals surface area contributed by atoms with Gasteiger partial charge in [-0.25, -0.2) is 38.1 Å². The number of rotatable bonds is 8. The third-order valence-electron chi connectivity index (χ3n) is 9.08. The van der Waals surface area contributed by atoms with Crippen molar-refractivity contribution in [3.8, 4) is 23.0 Å². The molecule has 0 aliphatic carbocycles. The number of benzene rings is 4. The van der Waals surface area contributed by atoms with Crippen molar-refractivity contribution in [1.29, 1.82) is 0 Å². The Morgan fingerprint density at radius 1 is 0.517 bits per heavy atom. The van der Waals surface area contributed by atoms with Crippen LogP contribution in [0.2, 0.25) is 0 Å². The Balaban J connectivity index is 0. The van der Waals surface area contributed by atoms with Crippen LogP contribution in [0.4, 0.5) is 0 Å². The summed E-state index contributed by atoms with van der Waals surface area (Å²) in [5.41, 5.74) is 6.68. The lowest BCUT2D eigenvalue weighted by Crippen LogP contribution is -2.23. The molecule has 0 aliphatic rings. The van der Waals surface area contributed by atoms with E-state index < -0.39 is 38.3 Å². The lowest BCUT2D eigenvalue weighted by Gasteiger charge is -2.16. The van der Waals surface area contributed by atoms with Gasteiger partial charge in [0.1, 0.15) is 23.0 Å². The maximum atomic E-state index is 12.0. The van der Waals surface area contributed by atoms with Crippen molar-refractivity contribution >= 4 is 70.4 Å². The second-order valence-electron chi connectivity index (χ2n) is 13.0. The van der Waals surface area contributed by atoms with E-state index in [1.165, 1.54) is 68.9 Å². The van der Waals surface area contributed by atoms with E-state index in [2.05, 4.69) is 41.3 Å². The molecule has 20 heteroatoms. The molecule has 0 fully saturated rings. The van der Waals surface area contributed by atoms with E-state index in [1.807, 2.05) is 19.1 Å². The number of ether oxygens (including phenoxy) is 3. The smallest absolute Gasteiger partial charge is 0.261 e. The summed E-state index contributed by atoms with van der Waals surface area (Å²) in [6.45, 7) is 14.7. The van der Waals surface area contributed by atoms with E-state index in [0.717, 1.165) is 26.7 Å². The minimum atomic E-state index is -3.66. The van der Waals surface area contributed by atoms with E-state index in [4.69, 9.17) is 29.1 Å². The molecule has 0 spiro atoms. The highest BCUT2D eigenvalue weighted by Crippen LogP contribution is 2.30. The van der Waals surface area contributed by atoms with Gasteiger partial charge in [-0.3, -0.25) is 0 Å². The Morgan fingerprint density at radius 2 is 0.833 bits per heavy atom. The molecule has 1 N–H and O–H groups in total. The molecule has 4 aromatic carbocycles. The van der Waals surface area contributed by atoms with Crippen LogP contribution in [0.3, 0.4) is 0 Å². The standard InChI is InChI=1S/C11H17NO3S.C10H15NO3S.C9H11ClO3S.C9H12O.CH4.Cl2OS/c1-8-9(2)11(7-6-10(8)15-5)16(13,14)12(3)4;1-7-8(2)10(6-5-9(7)12)15(13,14)11(3)4;1-6-7(2)9(14(10,11)12)5-4-8(6)13-3;1-7-5-4-6-9(10-3)8(7)2;;1-4(2)3/h6-7H,1-5H3;5-6,12H,1-4H3;4-5H,1-3H3;4-6H,1-3H3;1H4;.